The van der Waals surface area contributed by atoms with Gasteiger partial charge in [-0.15, -0.1) is 0 Å². The van der Waals surface area contributed by atoms with Crippen molar-refractivity contribution in [1.29, 1.82) is 0 Å². The van der Waals surface area contributed by atoms with Gasteiger partial charge in [-0.3, -0.25) is 4.79 Å². The molecule has 0 spiro atoms. The zero-order valence-corrected chi connectivity index (χ0v) is 22.3. The van der Waals surface area contributed by atoms with Gasteiger partial charge in [0.05, 0.1) is 13.7 Å². The van der Waals surface area contributed by atoms with Crippen LogP contribution in [0.1, 0.15) is 38.2 Å². The van der Waals surface area contributed by atoms with Gasteiger partial charge in [0.2, 0.25) is 0 Å². The maximum Gasteiger partial charge on any atom is 0.258 e. The average Bonchev–Trinajstić information content (AvgIpc) is 2.88. The molecule has 4 rings (SSSR count). The second-order valence-electron chi connectivity index (χ2n) is 8.49. The molecule has 0 atom stereocenters. The van der Waals surface area contributed by atoms with Crippen LogP contribution in [0.3, 0.4) is 0 Å². The third kappa shape index (κ3) is 6.20. The lowest BCUT2D eigenvalue weighted by molar-refractivity contribution is 0.0985. The molecule has 4 aromatic carbocycles. The van der Waals surface area contributed by atoms with Crippen molar-refractivity contribution in [3.63, 3.8) is 0 Å². The summed E-state index contributed by atoms with van der Waals surface area (Å²) in [7, 11) is 1.67. The lowest BCUT2D eigenvalue weighted by atomic mass is 9.97. The summed E-state index contributed by atoms with van der Waals surface area (Å²) in [4.78, 5) is 15.5. The number of anilines is 1. The Kier molecular flexibility index (Phi) is 8.03. The number of ether oxygens (including phenoxy) is 1. The monoisotopic (exact) mass is 573 g/mol. The van der Waals surface area contributed by atoms with E-state index in [1.807, 2.05) is 83.8 Å². The highest BCUT2D eigenvalue weighted by molar-refractivity contribution is 14.1. The second-order valence-corrected chi connectivity index (χ2v) is 9.74. The topological polar surface area (TPSA) is 29.5 Å². The van der Waals surface area contributed by atoms with E-state index in [0.717, 1.165) is 37.3 Å². The Morgan fingerprint density at radius 3 is 2.23 bits per heavy atom. The molecule has 4 aromatic rings. The van der Waals surface area contributed by atoms with Gasteiger partial charge in [-0.2, -0.15) is 0 Å². The first-order valence-corrected chi connectivity index (χ1v) is 12.6. The predicted molar refractivity (Wildman–Crippen MR) is 154 cm³/mol. The van der Waals surface area contributed by atoms with Crippen LogP contribution < -0.4 is 9.64 Å². The van der Waals surface area contributed by atoms with Crippen LogP contribution in [0, 0.1) is 17.4 Å². The van der Waals surface area contributed by atoms with Crippen LogP contribution >= 0.6 is 22.6 Å². The number of para-hydroxylation sites is 1. The summed E-state index contributed by atoms with van der Waals surface area (Å²) in [5, 5.41) is 0. The van der Waals surface area contributed by atoms with Gasteiger partial charge in [0.25, 0.3) is 5.91 Å². The Labute approximate surface area is 221 Å². The van der Waals surface area contributed by atoms with E-state index in [1.54, 1.807) is 7.11 Å². The molecular formula is C31H28INO2. The molecule has 0 N–H and O–H groups in total. The number of hydrogen-bond acceptors (Lipinski definition) is 2. The zero-order chi connectivity index (χ0) is 24.8. The van der Waals surface area contributed by atoms with Crippen molar-refractivity contribution in [2.24, 2.45) is 0 Å². The van der Waals surface area contributed by atoms with Crippen molar-refractivity contribution in [2.45, 2.75) is 20.4 Å². The Balaban J connectivity index is 1.72. The highest BCUT2D eigenvalue weighted by atomic mass is 127. The van der Waals surface area contributed by atoms with Crippen molar-refractivity contribution in [2.75, 3.05) is 12.0 Å². The van der Waals surface area contributed by atoms with Crippen molar-refractivity contribution < 1.29 is 9.53 Å². The van der Waals surface area contributed by atoms with Crippen LogP contribution in [-0.4, -0.2) is 13.0 Å². The van der Waals surface area contributed by atoms with Crippen molar-refractivity contribution >= 4 is 46.3 Å². The Morgan fingerprint density at radius 2 is 1.57 bits per heavy atom. The van der Waals surface area contributed by atoms with Crippen LogP contribution in [0.15, 0.2) is 91.0 Å². The van der Waals surface area contributed by atoms with E-state index in [1.165, 1.54) is 5.56 Å². The van der Waals surface area contributed by atoms with Gasteiger partial charge >= 0.3 is 0 Å². The fourth-order valence-electron chi connectivity index (χ4n) is 4.09. The Bertz CT molecular complexity index is 1330. The molecule has 1 amide bonds. The van der Waals surface area contributed by atoms with Crippen LogP contribution in [0.4, 0.5) is 5.69 Å². The smallest absolute Gasteiger partial charge is 0.258 e. The van der Waals surface area contributed by atoms with E-state index in [2.05, 4.69) is 60.7 Å². The van der Waals surface area contributed by atoms with Crippen LogP contribution in [0.2, 0.25) is 0 Å². The van der Waals surface area contributed by atoms with E-state index in [4.69, 9.17) is 4.74 Å². The first-order chi connectivity index (χ1) is 16.9. The molecule has 4 heteroatoms. The van der Waals surface area contributed by atoms with E-state index in [0.29, 0.717) is 12.1 Å². The molecule has 0 saturated heterocycles. The highest BCUT2D eigenvalue weighted by Crippen LogP contribution is 2.26. The maximum atomic E-state index is 13.7. The largest absolute Gasteiger partial charge is 0.497 e. The molecule has 0 saturated carbocycles. The summed E-state index contributed by atoms with van der Waals surface area (Å²) >= 11 is 2.26. The van der Waals surface area contributed by atoms with Gasteiger partial charge in [-0.1, -0.05) is 60.2 Å². The van der Waals surface area contributed by atoms with Gasteiger partial charge in [0, 0.05) is 14.8 Å². The number of benzene rings is 4. The molecule has 0 aliphatic heterocycles. The first-order valence-electron chi connectivity index (χ1n) is 11.5. The number of halogens is 1. The van der Waals surface area contributed by atoms with Gasteiger partial charge in [0.15, 0.2) is 0 Å². The number of nitrogens with zero attached hydrogens (tertiary/aromatic N) is 1. The van der Waals surface area contributed by atoms with Crippen molar-refractivity contribution in [1.82, 2.24) is 0 Å². The second kappa shape index (κ2) is 11.4. The number of hydrogen-bond donors (Lipinski definition) is 0. The minimum absolute atomic E-state index is 0.0161. The fourth-order valence-corrected chi connectivity index (χ4v) is 4.45. The summed E-state index contributed by atoms with van der Waals surface area (Å²) in [5.74, 6) is 0.819. The standard InChI is InChI=1S/C31H28INO2/c1-22-19-23(2)30(26(20-22)12-9-24-10-17-29(35-3)18-11-24)21-33(28-7-5-4-6-8-28)31(34)25-13-15-27(32)16-14-25/h4-20H,21H2,1-3H3. The molecule has 0 fully saturated rings. The average molecular weight is 573 g/mol. The molecule has 3 nitrogen and oxygen atoms in total. The molecule has 0 aliphatic rings. The van der Waals surface area contributed by atoms with Gasteiger partial charge in [-0.25, -0.2) is 0 Å². The summed E-state index contributed by atoms with van der Waals surface area (Å²) in [6.45, 7) is 4.70. The molecule has 0 aromatic heterocycles. The summed E-state index contributed by atoms with van der Waals surface area (Å²) < 4.78 is 6.37. The molecule has 0 aliphatic carbocycles. The molecule has 176 valence electrons. The van der Waals surface area contributed by atoms with Gasteiger partial charge in [0.1, 0.15) is 5.75 Å². The molecule has 0 bridgehead atoms. The normalized spacial score (nSPS) is 11.0. The lowest BCUT2D eigenvalue weighted by Crippen LogP contribution is -2.31. The number of methoxy groups -OCH3 is 1. The fraction of sp³-hybridized carbons (Fsp3) is 0.129. The van der Waals surface area contributed by atoms with E-state index < -0.39 is 0 Å². The van der Waals surface area contributed by atoms with E-state index in [9.17, 15) is 4.79 Å². The van der Waals surface area contributed by atoms with Crippen LogP contribution in [0.5, 0.6) is 5.75 Å². The van der Waals surface area contributed by atoms with Crippen LogP contribution in [-0.2, 0) is 6.54 Å². The molecule has 0 radical (unpaired) electrons. The number of amides is 1. The minimum Gasteiger partial charge on any atom is -0.497 e. The highest BCUT2D eigenvalue weighted by Gasteiger charge is 2.20. The Hall–Kier alpha value is -3.38. The number of carbonyl (C=O) groups excluding carboxylic acids is 1. The van der Waals surface area contributed by atoms with Crippen molar-refractivity contribution in [3.05, 3.63) is 128 Å². The number of carbonyl (C=O) groups is 1. The third-order valence-corrected chi connectivity index (χ3v) is 6.66. The van der Waals surface area contributed by atoms with Crippen molar-refractivity contribution in [3.8, 4) is 5.75 Å². The maximum absolute atomic E-state index is 13.7. The SMILES string of the molecule is COc1ccc(C=Cc2cc(C)cc(C)c2CN(C(=O)c2ccc(I)cc2)c2ccccc2)cc1. The van der Waals surface area contributed by atoms with Gasteiger partial charge < -0.3 is 9.64 Å². The predicted octanol–water partition coefficient (Wildman–Crippen LogP) is 7.93. The Morgan fingerprint density at radius 1 is 0.886 bits per heavy atom. The molecule has 35 heavy (non-hydrogen) atoms. The van der Waals surface area contributed by atoms with Gasteiger partial charge in [-0.05, 0) is 107 Å². The molecular weight excluding hydrogens is 545 g/mol. The molecule has 0 heterocycles. The number of rotatable bonds is 7. The number of aryl methyl sites for hydroxylation is 2. The lowest BCUT2D eigenvalue weighted by Gasteiger charge is -2.25. The molecule has 0 unspecified atom stereocenters. The summed E-state index contributed by atoms with van der Waals surface area (Å²) in [5.41, 5.74) is 7.23. The zero-order valence-electron chi connectivity index (χ0n) is 20.2. The van der Waals surface area contributed by atoms with Crippen LogP contribution in [0.25, 0.3) is 12.2 Å². The first kappa shape index (κ1) is 24.7. The summed E-state index contributed by atoms with van der Waals surface area (Å²) in [6, 6.07) is 30.0. The summed E-state index contributed by atoms with van der Waals surface area (Å²) in [6.07, 6.45) is 4.24. The minimum atomic E-state index is -0.0161. The quantitative estimate of drug-likeness (QED) is 0.166. The van der Waals surface area contributed by atoms with E-state index in [-0.39, 0.29) is 5.91 Å². The third-order valence-electron chi connectivity index (χ3n) is 5.94. The van der Waals surface area contributed by atoms with E-state index >= 15 is 0 Å².